The molecule has 0 aliphatic heterocycles. The zero-order valence-electron chi connectivity index (χ0n) is 13.4. The second-order valence-electron chi connectivity index (χ2n) is 5.74. The van der Waals surface area contributed by atoms with E-state index in [0.29, 0.717) is 5.56 Å². The molecule has 3 rings (SSSR count). The molecule has 2 heterocycles. The molecule has 0 radical (unpaired) electrons. The molecule has 1 atom stereocenters. The van der Waals surface area contributed by atoms with Crippen LogP contribution in [-0.4, -0.2) is 42.3 Å². The van der Waals surface area contributed by atoms with E-state index in [0.717, 1.165) is 5.69 Å². The molecule has 0 aliphatic rings. The van der Waals surface area contributed by atoms with Crippen LogP contribution >= 0.6 is 0 Å². The van der Waals surface area contributed by atoms with E-state index in [2.05, 4.69) is 20.7 Å². The minimum atomic E-state index is -1.22. The summed E-state index contributed by atoms with van der Waals surface area (Å²) < 4.78 is 3.12. The van der Waals surface area contributed by atoms with Gasteiger partial charge in [0.15, 0.2) is 5.69 Å². The first-order chi connectivity index (χ1) is 11.5. The monoisotopic (exact) mass is 326 g/mol. The molecule has 0 aliphatic carbocycles. The van der Waals surface area contributed by atoms with Gasteiger partial charge >= 0.3 is 0 Å². The zero-order chi connectivity index (χ0) is 17.2. The van der Waals surface area contributed by atoms with Crippen molar-refractivity contribution in [3.63, 3.8) is 0 Å². The van der Waals surface area contributed by atoms with Crippen molar-refractivity contribution in [2.45, 2.75) is 12.5 Å². The number of para-hydroxylation sites is 1. The van der Waals surface area contributed by atoms with E-state index in [1.54, 1.807) is 37.2 Å². The van der Waals surface area contributed by atoms with Gasteiger partial charge in [0.1, 0.15) is 5.60 Å². The standard InChI is InChI=1S/C16H18N6O2/c1-16(24,12-8-18-21(2)9-12)11-17-15(23)14-10-22(20-19-14)13-6-4-3-5-7-13/h3-10,24H,11H2,1-2H3,(H,17,23). The first kappa shape index (κ1) is 15.9. The smallest absolute Gasteiger partial charge is 0.273 e. The Hall–Kier alpha value is -3.00. The van der Waals surface area contributed by atoms with Crippen LogP contribution in [0.3, 0.4) is 0 Å². The second kappa shape index (κ2) is 6.25. The Kier molecular flexibility index (Phi) is 4.13. The van der Waals surface area contributed by atoms with Gasteiger partial charge < -0.3 is 10.4 Å². The van der Waals surface area contributed by atoms with Crippen molar-refractivity contribution in [3.8, 4) is 5.69 Å². The largest absolute Gasteiger partial charge is 0.383 e. The molecule has 24 heavy (non-hydrogen) atoms. The van der Waals surface area contributed by atoms with E-state index in [4.69, 9.17) is 0 Å². The second-order valence-corrected chi connectivity index (χ2v) is 5.74. The van der Waals surface area contributed by atoms with Crippen LogP contribution in [0.25, 0.3) is 5.69 Å². The number of aliphatic hydroxyl groups is 1. The molecular formula is C16H18N6O2. The lowest BCUT2D eigenvalue weighted by Gasteiger charge is -2.21. The maximum Gasteiger partial charge on any atom is 0.273 e. The Morgan fingerprint density at radius 1 is 1.29 bits per heavy atom. The molecule has 1 aromatic carbocycles. The van der Waals surface area contributed by atoms with Crippen LogP contribution in [0.5, 0.6) is 0 Å². The van der Waals surface area contributed by atoms with E-state index in [-0.39, 0.29) is 12.2 Å². The molecule has 3 aromatic rings. The van der Waals surface area contributed by atoms with E-state index >= 15 is 0 Å². The van der Waals surface area contributed by atoms with Crippen LogP contribution in [0.1, 0.15) is 23.0 Å². The lowest BCUT2D eigenvalue weighted by Crippen LogP contribution is -2.38. The number of aryl methyl sites for hydroxylation is 1. The van der Waals surface area contributed by atoms with Crippen molar-refractivity contribution in [3.05, 3.63) is 60.2 Å². The summed E-state index contributed by atoms with van der Waals surface area (Å²) in [7, 11) is 1.76. The predicted octanol–water partition coefficient (Wildman–Crippen LogP) is 0.638. The topological polar surface area (TPSA) is 97.9 Å². The Labute approximate surface area is 138 Å². The van der Waals surface area contributed by atoms with Crippen LogP contribution in [0.15, 0.2) is 48.9 Å². The molecule has 0 spiro atoms. The number of carbonyl (C=O) groups is 1. The number of aromatic nitrogens is 5. The fourth-order valence-electron chi connectivity index (χ4n) is 2.22. The van der Waals surface area contributed by atoms with Gasteiger partial charge in [-0.1, -0.05) is 23.4 Å². The number of hydrogen-bond donors (Lipinski definition) is 2. The van der Waals surface area contributed by atoms with Crippen LogP contribution in [0, 0.1) is 0 Å². The molecular weight excluding hydrogens is 308 g/mol. The Morgan fingerprint density at radius 3 is 2.71 bits per heavy atom. The van der Waals surface area contributed by atoms with Gasteiger partial charge in [-0.05, 0) is 19.1 Å². The van der Waals surface area contributed by atoms with Crippen LogP contribution in [-0.2, 0) is 12.6 Å². The number of nitrogens with zero attached hydrogens (tertiary/aromatic N) is 5. The summed E-state index contributed by atoms with van der Waals surface area (Å²) in [5.74, 6) is -0.402. The molecule has 8 heteroatoms. The van der Waals surface area contributed by atoms with Crippen LogP contribution in [0.2, 0.25) is 0 Å². The SMILES string of the molecule is Cn1cc(C(C)(O)CNC(=O)c2cn(-c3ccccc3)nn2)cn1. The van der Waals surface area contributed by atoms with Crippen LogP contribution < -0.4 is 5.32 Å². The highest BCUT2D eigenvalue weighted by Gasteiger charge is 2.26. The summed E-state index contributed by atoms with van der Waals surface area (Å²) in [4.78, 5) is 12.2. The highest BCUT2D eigenvalue weighted by molar-refractivity contribution is 5.91. The molecule has 1 amide bonds. The minimum absolute atomic E-state index is 0.0374. The number of nitrogens with one attached hydrogen (secondary N) is 1. The summed E-state index contributed by atoms with van der Waals surface area (Å²) in [5.41, 5.74) is 0.393. The van der Waals surface area contributed by atoms with Gasteiger partial charge in [0.25, 0.3) is 5.91 Å². The van der Waals surface area contributed by atoms with Gasteiger partial charge in [0.05, 0.1) is 24.6 Å². The summed E-state index contributed by atoms with van der Waals surface area (Å²) in [6.45, 7) is 1.65. The molecule has 124 valence electrons. The normalized spacial score (nSPS) is 13.5. The molecule has 8 nitrogen and oxygen atoms in total. The number of rotatable bonds is 5. The quantitative estimate of drug-likeness (QED) is 0.717. The maximum atomic E-state index is 12.2. The lowest BCUT2D eigenvalue weighted by atomic mass is 10.00. The van der Waals surface area contributed by atoms with Crippen molar-refractivity contribution in [2.24, 2.45) is 7.05 Å². The molecule has 1 unspecified atom stereocenters. The third-order valence-corrected chi connectivity index (χ3v) is 3.67. The summed E-state index contributed by atoms with van der Waals surface area (Å²) >= 11 is 0. The number of hydrogen-bond acceptors (Lipinski definition) is 5. The Balaban J connectivity index is 1.66. The minimum Gasteiger partial charge on any atom is -0.383 e. The molecule has 0 saturated heterocycles. The number of amides is 1. The van der Waals surface area contributed by atoms with E-state index in [1.165, 1.54) is 4.68 Å². The van der Waals surface area contributed by atoms with Crippen LogP contribution in [0.4, 0.5) is 0 Å². The molecule has 0 bridgehead atoms. The van der Waals surface area contributed by atoms with Crippen molar-refractivity contribution < 1.29 is 9.90 Å². The average Bonchev–Trinajstić information content (AvgIpc) is 3.23. The predicted molar refractivity (Wildman–Crippen MR) is 86.5 cm³/mol. The van der Waals surface area contributed by atoms with Gasteiger partial charge in [-0.25, -0.2) is 4.68 Å². The van der Waals surface area contributed by atoms with Crippen molar-refractivity contribution in [1.29, 1.82) is 0 Å². The Bertz CT molecular complexity index is 837. The van der Waals surface area contributed by atoms with Crippen molar-refractivity contribution >= 4 is 5.91 Å². The molecule has 0 fully saturated rings. The van der Waals surface area contributed by atoms with Crippen molar-refractivity contribution in [1.82, 2.24) is 30.1 Å². The van der Waals surface area contributed by atoms with Crippen molar-refractivity contribution in [2.75, 3.05) is 6.54 Å². The van der Waals surface area contributed by atoms with Gasteiger partial charge in [-0.2, -0.15) is 5.10 Å². The first-order valence-corrected chi connectivity index (χ1v) is 7.43. The van der Waals surface area contributed by atoms with Gasteiger partial charge in [0.2, 0.25) is 0 Å². The van der Waals surface area contributed by atoms with E-state index in [1.807, 2.05) is 30.3 Å². The third-order valence-electron chi connectivity index (χ3n) is 3.67. The summed E-state index contributed by atoms with van der Waals surface area (Å²) in [6, 6.07) is 9.38. The average molecular weight is 326 g/mol. The zero-order valence-corrected chi connectivity index (χ0v) is 13.4. The Morgan fingerprint density at radius 2 is 2.04 bits per heavy atom. The summed E-state index contributed by atoms with van der Waals surface area (Å²) in [6.07, 6.45) is 4.82. The van der Waals surface area contributed by atoms with E-state index in [9.17, 15) is 9.90 Å². The molecule has 2 N–H and O–H groups in total. The molecule has 0 saturated carbocycles. The number of benzene rings is 1. The summed E-state index contributed by atoms with van der Waals surface area (Å²) in [5, 5.41) is 25.0. The van der Waals surface area contributed by atoms with Gasteiger partial charge in [-0.15, -0.1) is 5.10 Å². The fraction of sp³-hybridized carbons (Fsp3) is 0.250. The van der Waals surface area contributed by atoms with E-state index < -0.39 is 11.5 Å². The molecule has 2 aromatic heterocycles. The third kappa shape index (κ3) is 3.33. The van der Waals surface area contributed by atoms with Gasteiger partial charge in [0, 0.05) is 18.8 Å². The highest BCUT2D eigenvalue weighted by Crippen LogP contribution is 2.18. The number of carbonyl (C=O) groups excluding carboxylic acids is 1. The maximum absolute atomic E-state index is 12.2. The fourth-order valence-corrected chi connectivity index (χ4v) is 2.22. The first-order valence-electron chi connectivity index (χ1n) is 7.43. The van der Waals surface area contributed by atoms with Gasteiger partial charge in [-0.3, -0.25) is 9.48 Å². The highest BCUT2D eigenvalue weighted by atomic mass is 16.3. The lowest BCUT2D eigenvalue weighted by molar-refractivity contribution is 0.0524.